The second-order valence-corrected chi connectivity index (χ2v) is 7.01. The van der Waals surface area contributed by atoms with E-state index in [-0.39, 0.29) is 23.2 Å². The third-order valence-corrected chi connectivity index (χ3v) is 4.74. The Labute approximate surface area is 169 Å². The number of pyridine rings is 1. The van der Waals surface area contributed by atoms with E-state index in [2.05, 4.69) is 31.2 Å². The highest BCUT2D eigenvalue weighted by molar-refractivity contribution is 9.10. The molecule has 0 unspecified atom stereocenters. The van der Waals surface area contributed by atoms with Crippen molar-refractivity contribution >= 4 is 27.6 Å². The normalized spacial score (nSPS) is 10.7. The van der Waals surface area contributed by atoms with E-state index in [1.54, 1.807) is 24.4 Å². The van der Waals surface area contributed by atoms with Gasteiger partial charge in [0.05, 0.1) is 6.20 Å². The van der Waals surface area contributed by atoms with Crippen molar-refractivity contribution in [1.29, 1.82) is 0 Å². The van der Waals surface area contributed by atoms with Crippen LogP contribution in [0.4, 0.5) is 4.39 Å². The summed E-state index contributed by atoms with van der Waals surface area (Å²) in [5, 5.41) is 2.78. The average molecular weight is 446 g/mol. The van der Waals surface area contributed by atoms with E-state index in [0.29, 0.717) is 40.7 Å². The molecule has 0 fully saturated rings. The third-order valence-electron chi connectivity index (χ3n) is 4.08. The van der Waals surface area contributed by atoms with Crippen LogP contribution in [0, 0.1) is 5.82 Å². The first-order valence-corrected chi connectivity index (χ1v) is 9.37. The lowest BCUT2D eigenvalue weighted by atomic mass is 10.1. The number of carbonyl (C=O) groups is 2. The number of hydrogen-bond acceptors (Lipinski definition) is 5. The van der Waals surface area contributed by atoms with Crippen molar-refractivity contribution in [3.05, 3.63) is 70.2 Å². The van der Waals surface area contributed by atoms with Crippen LogP contribution in [0.1, 0.15) is 39.8 Å². The molecule has 3 rings (SSSR count). The minimum absolute atomic E-state index is 0.0672. The molecule has 6 nitrogen and oxygen atoms in total. The molecule has 144 valence electrons. The highest BCUT2D eigenvalue weighted by Crippen LogP contribution is 2.28. The number of oxazole rings is 1. The lowest BCUT2D eigenvalue weighted by Crippen LogP contribution is -2.25. The molecule has 0 bridgehead atoms. The van der Waals surface area contributed by atoms with Gasteiger partial charge >= 0.3 is 0 Å². The summed E-state index contributed by atoms with van der Waals surface area (Å²) in [5.41, 5.74) is 2.10. The van der Waals surface area contributed by atoms with Gasteiger partial charge in [-0.05, 0) is 43.5 Å². The second-order valence-electron chi connectivity index (χ2n) is 6.15. The van der Waals surface area contributed by atoms with Gasteiger partial charge in [-0.2, -0.15) is 0 Å². The number of amides is 1. The fourth-order valence-corrected chi connectivity index (χ4v) is 3.38. The zero-order valence-corrected chi connectivity index (χ0v) is 16.6. The molecular formula is C20H17BrFN3O3. The lowest BCUT2D eigenvalue weighted by molar-refractivity contribution is 0.0948. The van der Waals surface area contributed by atoms with E-state index < -0.39 is 0 Å². The van der Waals surface area contributed by atoms with Gasteiger partial charge in [0, 0.05) is 28.3 Å². The number of Topliss-reactive ketones (excluding diaryl/α,β-unsaturated/α-hetero) is 1. The van der Waals surface area contributed by atoms with E-state index >= 15 is 0 Å². The Morgan fingerprint density at radius 2 is 2.07 bits per heavy atom. The van der Waals surface area contributed by atoms with Crippen LogP contribution in [0.15, 0.2) is 51.9 Å². The van der Waals surface area contributed by atoms with Crippen molar-refractivity contribution in [1.82, 2.24) is 15.3 Å². The maximum Gasteiger partial charge on any atom is 0.273 e. The summed E-state index contributed by atoms with van der Waals surface area (Å²) < 4.78 is 19.1. The maximum absolute atomic E-state index is 13.1. The molecule has 0 saturated carbocycles. The second kappa shape index (κ2) is 8.88. The van der Waals surface area contributed by atoms with Gasteiger partial charge in [0.25, 0.3) is 5.91 Å². The Morgan fingerprint density at radius 3 is 2.79 bits per heavy atom. The van der Waals surface area contributed by atoms with Crippen LogP contribution in [0.5, 0.6) is 0 Å². The molecule has 2 aromatic heterocycles. The van der Waals surface area contributed by atoms with Crippen LogP contribution in [0.25, 0.3) is 11.3 Å². The van der Waals surface area contributed by atoms with E-state index in [1.165, 1.54) is 19.4 Å². The van der Waals surface area contributed by atoms with Crippen LogP contribution in [0.2, 0.25) is 0 Å². The molecule has 1 amide bonds. The summed E-state index contributed by atoms with van der Waals surface area (Å²) >= 11 is 3.36. The quantitative estimate of drug-likeness (QED) is 0.434. The number of carbonyl (C=O) groups excluding carboxylic acids is 2. The zero-order valence-electron chi connectivity index (χ0n) is 15.0. The Morgan fingerprint density at radius 1 is 1.25 bits per heavy atom. The molecule has 0 atom stereocenters. The van der Waals surface area contributed by atoms with Gasteiger partial charge in [-0.25, -0.2) is 9.37 Å². The summed E-state index contributed by atoms with van der Waals surface area (Å²) in [5.74, 6) is -0.492. The summed E-state index contributed by atoms with van der Waals surface area (Å²) in [6, 6.07) is 6.51. The van der Waals surface area contributed by atoms with Crippen LogP contribution < -0.4 is 5.32 Å². The number of benzene rings is 1. The zero-order chi connectivity index (χ0) is 20.1. The van der Waals surface area contributed by atoms with Crippen LogP contribution in [-0.4, -0.2) is 28.2 Å². The number of aryl methyl sites for hydroxylation is 1. The van der Waals surface area contributed by atoms with Crippen LogP contribution in [-0.2, 0) is 6.42 Å². The molecule has 2 heterocycles. The molecular weight excluding hydrogens is 429 g/mol. The highest BCUT2D eigenvalue weighted by atomic mass is 79.9. The third kappa shape index (κ3) is 4.69. The standard InChI is InChI=1S/C20H17BrFN3O3/c1-12(26)16-5-4-14(8-17(16)21)19-18(25-11-28-19)20(27)24-6-2-3-13-7-15(22)10-23-9-13/h4-5,7-11H,2-3,6H2,1H3,(H,24,27). The molecule has 0 aliphatic rings. The van der Waals surface area contributed by atoms with E-state index in [0.717, 1.165) is 11.8 Å². The predicted octanol–water partition coefficient (Wildman–Crippen LogP) is 4.20. The Hall–Kier alpha value is -2.87. The van der Waals surface area contributed by atoms with E-state index in [1.807, 2.05) is 0 Å². The first-order chi connectivity index (χ1) is 13.5. The summed E-state index contributed by atoms with van der Waals surface area (Å²) in [6.45, 7) is 1.88. The molecule has 8 heteroatoms. The van der Waals surface area contributed by atoms with Crippen molar-refractivity contribution in [2.45, 2.75) is 19.8 Å². The molecule has 0 spiro atoms. The number of nitrogens with zero attached hydrogens (tertiary/aromatic N) is 2. The highest BCUT2D eigenvalue weighted by Gasteiger charge is 2.19. The van der Waals surface area contributed by atoms with E-state index in [4.69, 9.17) is 4.42 Å². The molecule has 0 saturated heterocycles. The minimum atomic E-state index is -0.379. The van der Waals surface area contributed by atoms with Gasteiger partial charge in [-0.15, -0.1) is 0 Å². The number of hydrogen-bond donors (Lipinski definition) is 1. The van der Waals surface area contributed by atoms with Crippen molar-refractivity contribution in [3.63, 3.8) is 0 Å². The van der Waals surface area contributed by atoms with Crippen molar-refractivity contribution < 1.29 is 18.4 Å². The van der Waals surface area contributed by atoms with Gasteiger partial charge < -0.3 is 9.73 Å². The smallest absolute Gasteiger partial charge is 0.273 e. The van der Waals surface area contributed by atoms with Gasteiger partial charge in [0.2, 0.25) is 0 Å². The van der Waals surface area contributed by atoms with Crippen LogP contribution in [0.3, 0.4) is 0 Å². The summed E-state index contributed by atoms with van der Waals surface area (Å²) in [4.78, 5) is 31.8. The molecule has 28 heavy (non-hydrogen) atoms. The monoisotopic (exact) mass is 445 g/mol. The SMILES string of the molecule is CC(=O)c1ccc(-c2ocnc2C(=O)NCCCc2cncc(F)c2)cc1Br. The van der Waals surface area contributed by atoms with Gasteiger partial charge in [-0.1, -0.05) is 22.0 Å². The van der Waals surface area contributed by atoms with Crippen molar-refractivity contribution in [2.75, 3.05) is 6.54 Å². The molecule has 0 aliphatic heterocycles. The van der Waals surface area contributed by atoms with Gasteiger partial charge in [0.15, 0.2) is 23.6 Å². The van der Waals surface area contributed by atoms with Crippen LogP contribution >= 0.6 is 15.9 Å². The largest absolute Gasteiger partial charge is 0.443 e. The first kappa shape index (κ1) is 19.9. The fourth-order valence-electron chi connectivity index (χ4n) is 2.73. The maximum atomic E-state index is 13.1. The van der Waals surface area contributed by atoms with Crippen molar-refractivity contribution in [3.8, 4) is 11.3 Å². The predicted molar refractivity (Wildman–Crippen MR) is 104 cm³/mol. The van der Waals surface area contributed by atoms with Crippen molar-refractivity contribution in [2.24, 2.45) is 0 Å². The van der Waals surface area contributed by atoms with Gasteiger partial charge in [-0.3, -0.25) is 14.6 Å². The topological polar surface area (TPSA) is 85.1 Å². The Bertz CT molecular complexity index is 1020. The number of ketones is 1. The minimum Gasteiger partial charge on any atom is -0.443 e. The summed E-state index contributed by atoms with van der Waals surface area (Å²) in [6.07, 6.45) is 5.18. The molecule has 3 aromatic rings. The molecule has 0 aliphatic carbocycles. The molecule has 0 radical (unpaired) electrons. The Kier molecular flexibility index (Phi) is 6.30. The molecule has 1 aromatic carbocycles. The molecule has 1 N–H and O–H groups in total. The summed E-state index contributed by atoms with van der Waals surface area (Å²) in [7, 11) is 0. The fraction of sp³-hybridized carbons (Fsp3) is 0.200. The first-order valence-electron chi connectivity index (χ1n) is 8.57. The average Bonchev–Trinajstić information content (AvgIpc) is 3.14. The number of nitrogens with one attached hydrogen (secondary N) is 1. The van der Waals surface area contributed by atoms with E-state index in [9.17, 15) is 14.0 Å². The number of rotatable bonds is 7. The lowest BCUT2D eigenvalue weighted by Gasteiger charge is -2.06. The number of aromatic nitrogens is 2. The Balaban J connectivity index is 1.63. The van der Waals surface area contributed by atoms with Gasteiger partial charge in [0.1, 0.15) is 5.82 Å². The number of halogens is 2.